The maximum atomic E-state index is 13.0. The molecule has 1 aromatic heterocycles. The van der Waals surface area contributed by atoms with E-state index < -0.39 is 0 Å². The second-order valence-corrected chi connectivity index (χ2v) is 6.87. The van der Waals surface area contributed by atoms with Crippen LogP contribution in [-0.4, -0.2) is 23.3 Å². The second kappa shape index (κ2) is 9.27. The van der Waals surface area contributed by atoms with Gasteiger partial charge in [0.05, 0.1) is 12.7 Å². The van der Waals surface area contributed by atoms with Crippen LogP contribution in [0.4, 0.5) is 10.1 Å². The number of anilines is 1. The van der Waals surface area contributed by atoms with Crippen LogP contribution in [0.25, 0.3) is 11.3 Å². The van der Waals surface area contributed by atoms with Crippen molar-refractivity contribution in [1.82, 2.24) is 10.3 Å². The summed E-state index contributed by atoms with van der Waals surface area (Å²) in [6.07, 6.45) is 1.96. The molecule has 144 valence electrons. The molecule has 3 aromatic rings. The highest BCUT2D eigenvalue weighted by molar-refractivity contribution is 9.10. The summed E-state index contributed by atoms with van der Waals surface area (Å²) in [5.74, 6) is -0.0275. The van der Waals surface area contributed by atoms with Crippen LogP contribution in [0.2, 0.25) is 0 Å². The number of hydrogen-bond donors (Lipinski definition) is 2. The molecule has 28 heavy (non-hydrogen) atoms. The van der Waals surface area contributed by atoms with E-state index in [2.05, 4.69) is 31.5 Å². The van der Waals surface area contributed by atoms with Crippen molar-refractivity contribution in [2.75, 3.05) is 11.9 Å². The van der Waals surface area contributed by atoms with Gasteiger partial charge in [-0.25, -0.2) is 9.37 Å². The lowest BCUT2D eigenvalue weighted by atomic mass is 10.2. The van der Waals surface area contributed by atoms with Crippen molar-refractivity contribution in [3.63, 3.8) is 0 Å². The minimum absolute atomic E-state index is 0.124. The number of carbonyl (C=O) groups excluding carboxylic acids is 2. The molecule has 0 aliphatic carbocycles. The molecule has 0 fully saturated rings. The van der Waals surface area contributed by atoms with Crippen molar-refractivity contribution in [3.8, 4) is 11.3 Å². The predicted octanol–water partition coefficient (Wildman–Crippen LogP) is 3.93. The van der Waals surface area contributed by atoms with Crippen molar-refractivity contribution in [2.45, 2.75) is 12.8 Å². The maximum Gasteiger partial charge on any atom is 0.243 e. The number of oxazole rings is 1. The summed E-state index contributed by atoms with van der Waals surface area (Å²) in [5, 5.41) is 5.25. The molecule has 0 spiro atoms. The topological polar surface area (TPSA) is 84.2 Å². The lowest BCUT2D eigenvalue weighted by molar-refractivity contribution is -0.124. The Morgan fingerprint density at radius 2 is 1.75 bits per heavy atom. The second-order valence-electron chi connectivity index (χ2n) is 5.96. The molecule has 0 bridgehead atoms. The molecule has 0 unspecified atom stereocenters. The van der Waals surface area contributed by atoms with Crippen LogP contribution in [0.3, 0.4) is 0 Å². The summed E-state index contributed by atoms with van der Waals surface area (Å²) in [7, 11) is 0. The van der Waals surface area contributed by atoms with Crippen LogP contribution >= 0.6 is 15.9 Å². The summed E-state index contributed by atoms with van der Waals surface area (Å²) in [6.45, 7) is -0.124. The Morgan fingerprint density at radius 3 is 2.46 bits per heavy atom. The molecule has 3 rings (SSSR count). The molecule has 0 aliphatic heterocycles. The Morgan fingerprint density at radius 1 is 1.04 bits per heavy atom. The van der Waals surface area contributed by atoms with Gasteiger partial charge in [-0.15, -0.1) is 0 Å². The van der Waals surface area contributed by atoms with E-state index in [0.29, 0.717) is 29.3 Å². The number of aryl methyl sites for hydroxylation is 1. The summed E-state index contributed by atoms with van der Waals surface area (Å²) in [4.78, 5) is 27.9. The average molecular weight is 446 g/mol. The third-order valence-corrected chi connectivity index (χ3v) is 4.35. The van der Waals surface area contributed by atoms with Crippen LogP contribution in [0.1, 0.15) is 12.3 Å². The Kier molecular flexibility index (Phi) is 6.54. The minimum Gasteiger partial charge on any atom is -0.441 e. The average Bonchev–Trinajstić information content (AvgIpc) is 3.16. The Bertz CT molecular complexity index is 956. The predicted molar refractivity (Wildman–Crippen MR) is 106 cm³/mol. The molecule has 0 saturated heterocycles. The highest BCUT2D eigenvalue weighted by Crippen LogP contribution is 2.21. The van der Waals surface area contributed by atoms with Crippen molar-refractivity contribution >= 4 is 33.4 Å². The normalized spacial score (nSPS) is 10.5. The van der Waals surface area contributed by atoms with E-state index in [0.717, 1.165) is 4.47 Å². The number of nitrogens with one attached hydrogen (secondary N) is 2. The summed E-state index contributed by atoms with van der Waals surface area (Å²) in [6, 6.07) is 13.0. The van der Waals surface area contributed by atoms with E-state index >= 15 is 0 Å². The Labute approximate surface area is 169 Å². The van der Waals surface area contributed by atoms with E-state index in [1.807, 2.05) is 12.1 Å². The highest BCUT2D eigenvalue weighted by atomic mass is 79.9. The van der Waals surface area contributed by atoms with E-state index in [9.17, 15) is 14.0 Å². The number of rotatable bonds is 7. The molecule has 2 N–H and O–H groups in total. The summed E-state index contributed by atoms with van der Waals surface area (Å²) < 4.78 is 19.5. The fraction of sp³-hybridized carbons (Fsp3) is 0.150. The molecular formula is C20H17BrFN3O3. The molecule has 0 saturated carbocycles. The van der Waals surface area contributed by atoms with Crippen LogP contribution in [0.5, 0.6) is 0 Å². The van der Waals surface area contributed by atoms with Crippen molar-refractivity contribution in [1.29, 1.82) is 0 Å². The monoisotopic (exact) mass is 445 g/mol. The number of halogens is 2. The lowest BCUT2D eigenvalue weighted by Gasteiger charge is -2.06. The van der Waals surface area contributed by atoms with Gasteiger partial charge in [-0.1, -0.05) is 15.9 Å². The van der Waals surface area contributed by atoms with Crippen LogP contribution < -0.4 is 10.6 Å². The van der Waals surface area contributed by atoms with E-state index in [4.69, 9.17) is 4.42 Å². The van der Waals surface area contributed by atoms with Gasteiger partial charge in [0, 0.05) is 28.6 Å². The molecule has 0 aliphatic rings. The van der Waals surface area contributed by atoms with Crippen molar-refractivity contribution < 1.29 is 18.4 Å². The van der Waals surface area contributed by atoms with Gasteiger partial charge >= 0.3 is 0 Å². The largest absolute Gasteiger partial charge is 0.441 e. The quantitative estimate of drug-likeness (QED) is 0.576. The molecular weight excluding hydrogens is 429 g/mol. The Balaban J connectivity index is 1.42. The molecule has 0 radical (unpaired) electrons. The SMILES string of the molecule is O=C(CCc1ncc(-c2ccc(F)cc2)o1)NCC(=O)Nc1ccc(Br)cc1. The first-order valence-electron chi connectivity index (χ1n) is 8.52. The van der Waals surface area contributed by atoms with Crippen LogP contribution in [0.15, 0.2) is 63.6 Å². The standard InChI is InChI=1S/C20H17BrFN3O3/c21-14-3-7-16(8-4-14)25-19(27)12-23-18(26)9-10-20-24-11-17(28-20)13-1-5-15(22)6-2-13/h1-8,11H,9-10,12H2,(H,23,26)(H,25,27). The molecule has 1 heterocycles. The van der Waals surface area contributed by atoms with Crippen molar-refractivity contribution in [3.05, 3.63) is 70.9 Å². The first kappa shape index (κ1) is 19.8. The van der Waals surface area contributed by atoms with Gasteiger partial charge in [0.15, 0.2) is 11.7 Å². The van der Waals surface area contributed by atoms with Gasteiger partial charge in [-0.2, -0.15) is 0 Å². The minimum atomic E-state index is -0.329. The van der Waals surface area contributed by atoms with Gasteiger partial charge in [0.1, 0.15) is 5.82 Å². The van der Waals surface area contributed by atoms with E-state index in [-0.39, 0.29) is 30.6 Å². The van der Waals surface area contributed by atoms with Gasteiger partial charge in [-0.3, -0.25) is 9.59 Å². The van der Waals surface area contributed by atoms with Crippen LogP contribution in [0, 0.1) is 5.82 Å². The first-order chi connectivity index (χ1) is 13.5. The fourth-order valence-corrected chi connectivity index (χ4v) is 2.66. The van der Waals surface area contributed by atoms with Gasteiger partial charge in [-0.05, 0) is 48.5 Å². The van der Waals surface area contributed by atoms with Gasteiger partial charge in [0.2, 0.25) is 11.8 Å². The number of hydrogen-bond acceptors (Lipinski definition) is 4. The lowest BCUT2D eigenvalue weighted by Crippen LogP contribution is -2.32. The third-order valence-electron chi connectivity index (χ3n) is 3.82. The first-order valence-corrected chi connectivity index (χ1v) is 9.31. The van der Waals surface area contributed by atoms with E-state index in [1.54, 1.807) is 24.3 Å². The number of amides is 2. The summed E-state index contributed by atoms with van der Waals surface area (Å²) in [5.41, 5.74) is 1.35. The van der Waals surface area contributed by atoms with Gasteiger partial charge in [0.25, 0.3) is 0 Å². The summed E-state index contributed by atoms with van der Waals surface area (Å²) >= 11 is 3.32. The van der Waals surface area contributed by atoms with Crippen LogP contribution in [-0.2, 0) is 16.0 Å². The maximum absolute atomic E-state index is 13.0. The molecule has 0 atom stereocenters. The molecule has 2 amide bonds. The number of aromatic nitrogens is 1. The van der Waals surface area contributed by atoms with E-state index in [1.165, 1.54) is 18.3 Å². The highest BCUT2D eigenvalue weighted by Gasteiger charge is 2.10. The molecule has 2 aromatic carbocycles. The molecule has 6 nitrogen and oxygen atoms in total. The van der Waals surface area contributed by atoms with Crippen molar-refractivity contribution in [2.24, 2.45) is 0 Å². The zero-order chi connectivity index (χ0) is 19.9. The molecule has 8 heteroatoms. The third kappa shape index (κ3) is 5.75. The smallest absolute Gasteiger partial charge is 0.243 e. The fourth-order valence-electron chi connectivity index (χ4n) is 2.40. The number of nitrogens with zero attached hydrogens (tertiary/aromatic N) is 1. The number of carbonyl (C=O) groups is 2. The number of benzene rings is 2. The van der Waals surface area contributed by atoms with Gasteiger partial charge < -0.3 is 15.1 Å². The zero-order valence-electron chi connectivity index (χ0n) is 14.7. The Hall–Kier alpha value is -3.00. The zero-order valence-corrected chi connectivity index (χ0v) is 16.3.